The van der Waals surface area contributed by atoms with Crippen molar-refractivity contribution in [2.45, 2.75) is 71.1 Å². The zero-order valence-electron chi connectivity index (χ0n) is 15.4. The fourth-order valence-electron chi connectivity index (χ4n) is 2.77. The number of hydrogen-bond donors (Lipinski definition) is 4. The molecule has 1 aromatic carbocycles. The molecule has 1 amide bonds. The summed E-state index contributed by atoms with van der Waals surface area (Å²) in [7, 11) is -4.69. The molecular formula is C18H30NO6P. The van der Waals surface area contributed by atoms with E-state index in [9.17, 15) is 14.5 Å². The number of aliphatic hydroxyl groups is 1. The van der Waals surface area contributed by atoms with E-state index in [1.807, 2.05) is 0 Å². The van der Waals surface area contributed by atoms with Gasteiger partial charge in [-0.15, -0.1) is 0 Å². The molecule has 2 atom stereocenters. The molecule has 0 unspecified atom stereocenters. The molecule has 0 saturated carbocycles. The Morgan fingerprint density at radius 1 is 1.23 bits per heavy atom. The number of unbranched alkanes of at least 4 members (excludes halogenated alkanes) is 4. The summed E-state index contributed by atoms with van der Waals surface area (Å²) in [4.78, 5) is 30.4. The van der Waals surface area contributed by atoms with E-state index >= 15 is 0 Å². The van der Waals surface area contributed by atoms with Gasteiger partial charge in [-0.3, -0.25) is 9.32 Å². The third-order valence-corrected chi connectivity index (χ3v) is 4.70. The minimum absolute atomic E-state index is 0.167. The van der Waals surface area contributed by atoms with Gasteiger partial charge in [-0.1, -0.05) is 56.9 Å². The standard InChI is InChI=1S/C18H30NO6P/c1-3-4-5-6-7-11-17(21)19-18(14(2)25-26(22,23)24)16-10-8-9-15(12-16)13-20/h8-10,12,14,18,20H,3-7,11,13H2,1-2H3,(H,19,21)(H2,22,23,24)/t14-,18-/m0/s1. The van der Waals surface area contributed by atoms with Crippen LogP contribution in [0.3, 0.4) is 0 Å². The first-order valence-corrected chi connectivity index (χ1v) is 10.5. The highest BCUT2D eigenvalue weighted by Gasteiger charge is 2.28. The lowest BCUT2D eigenvalue weighted by molar-refractivity contribution is -0.122. The van der Waals surface area contributed by atoms with Crippen LogP contribution in [0.1, 0.15) is 69.5 Å². The van der Waals surface area contributed by atoms with Gasteiger partial charge in [0.2, 0.25) is 5.91 Å². The van der Waals surface area contributed by atoms with Crippen molar-refractivity contribution in [2.75, 3.05) is 0 Å². The van der Waals surface area contributed by atoms with E-state index in [4.69, 9.17) is 14.3 Å². The molecule has 0 aliphatic heterocycles. The third-order valence-electron chi connectivity index (χ3n) is 4.09. The third kappa shape index (κ3) is 8.92. The van der Waals surface area contributed by atoms with Crippen LogP contribution in [0.25, 0.3) is 0 Å². The molecule has 8 heteroatoms. The first-order valence-electron chi connectivity index (χ1n) is 8.99. The molecule has 0 fully saturated rings. The zero-order chi connectivity index (χ0) is 19.6. The summed E-state index contributed by atoms with van der Waals surface area (Å²) in [6.45, 7) is 3.46. The van der Waals surface area contributed by atoms with Crippen LogP contribution < -0.4 is 5.32 Å². The number of carbonyl (C=O) groups excluding carboxylic acids is 1. The van der Waals surface area contributed by atoms with E-state index in [2.05, 4.69) is 12.2 Å². The van der Waals surface area contributed by atoms with Crippen molar-refractivity contribution in [3.05, 3.63) is 35.4 Å². The van der Waals surface area contributed by atoms with Crippen molar-refractivity contribution in [1.82, 2.24) is 5.32 Å². The second-order valence-electron chi connectivity index (χ2n) is 6.41. The number of phosphoric ester groups is 1. The van der Waals surface area contributed by atoms with Crippen molar-refractivity contribution in [1.29, 1.82) is 0 Å². The second-order valence-corrected chi connectivity index (χ2v) is 7.61. The minimum Gasteiger partial charge on any atom is -0.392 e. The molecule has 1 rings (SSSR count). The lowest BCUT2D eigenvalue weighted by Crippen LogP contribution is -2.36. The number of aliphatic hydroxyl groups excluding tert-OH is 1. The Kier molecular flexibility index (Phi) is 10.1. The molecule has 0 saturated heterocycles. The Hall–Kier alpha value is -1.24. The minimum atomic E-state index is -4.69. The largest absolute Gasteiger partial charge is 0.469 e. The van der Waals surface area contributed by atoms with Gasteiger partial charge in [-0.05, 0) is 24.5 Å². The predicted molar refractivity (Wildman–Crippen MR) is 99.2 cm³/mol. The predicted octanol–water partition coefficient (Wildman–Crippen LogP) is 3.19. The summed E-state index contributed by atoms with van der Waals surface area (Å²) < 4.78 is 16.0. The molecule has 0 heterocycles. The molecule has 0 radical (unpaired) electrons. The van der Waals surface area contributed by atoms with Gasteiger partial charge in [0.05, 0.1) is 18.8 Å². The van der Waals surface area contributed by atoms with Crippen molar-refractivity contribution in [3.63, 3.8) is 0 Å². The molecule has 4 N–H and O–H groups in total. The van der Waals surface area contributed by atoms with Crippen LogP contribution in [0.4, 0.5) is 0 Å². The zero-order valence-corrected chi connectivity index (χ0v) is 16.3. The number of phosphoric acid groups is 1. The van der Waals surface area contributed by atoms with Crippen LogP contribution in [0.15, 0.2) is 24.3 Å². The van der Waals surface area contributed by atoms with Crippen molar-refractivity contribution < 1.29 is 28.8 Å². The number of benzene rings is 1. The van der Waals surface area contributed by atoms with Crippen molar-refractivity contribution in [2.24, 2.45) is 0 Å². The molecule has 0 aliphatic carbocycles. The maximum atomic E-state index is 12.3. The fraction of sp³-hybridized carbons (Fsp3) is 0.611. The second kappa shape index (κ2) is 11.5. The highest BCUT2D eigenvalue weighted by Crippen LogP contribution is 2.40. The van der Waals surface area contributed by atoms with E-state index in [0.717, 1.165) is 32.1 Å². The van der Waals surface area contributed by atoms with E-state index in [1.165, 1.54) is 6.92 Å². The Morgan fingerprint density at radius 2 is 1.92 bits per heavy atom. The molecule has 26 heavy (non-hydrogen) atoms. The van der Waals surface area contributed by atoms with E-state index in [1.54, 1.807) is 24.3 Å². The van der Waals surface area contributed by atoms with Gasteiger partial charge >= 0.3 is 7.82 Å². The van der Waals surface area contributed by atoms with Gasteiger partial charge < -0.3 is 20.2 Å². The van der Waals surface area contributed by atoms with Gasteiger partial charge in [0.1, 0.15) is 0 Å². The Bertz CT molecular complexity index is 603. The molecule has 0 aliphatic rings. The highest BCUT2D eigenvalue weighted by molar-refractivity contribution is 7.46. The van der Waals surface area contributed by atoms with Crippen LogP contribution in [0, 0.1) is 0 Å². The lowest BCUT2D eigenvalue weighted by atomic mass is 10.00. The van der Waals surface area contributed by atoms with Gasteiger partial charge in [-0.2, -0.15) is 0 Å². The van der Waals surface area contributed by atoms with Crippen LogP contribution in [-0.4, -0.2) is 26.9 Å². The lowest BCUT2D eigenvalue weighted by Gasteiger charge is -2.26. The highest BCUT2D eigenvalue weighted by atomic mass is 31.2. The van der Waals surface area contributed by atoms with Crippen molar-refractivity contribution in [3.8, 4) is 0 Å². The summed E-state index contributed by atoms with van der Waals surface area (Å²) in [6.07, 6.45) is 4.52. The number of hydrogen-bond acceptors (Lipinski definition) is 4. The molecule has 0 bridgehead atoms. The summed E-state index contributed by atoms with van der Waals surface area (Å²) in [5.41, 5.74) is 1.27. The summed E-state index contributed by atoms with van der Waals surface area (Å²) in [5, 5.41) is 12.1. The normalized spacial score (nSPS) is 14.0. The monoisotopic (exact) mass is 387 g/mol. The quantitative estimate of drug-likeness (QED) is 0.323. The Balaban J connectivity index is 2.80. The Labute approximate surface area is 155 Å². The summed E-state index contributed by atoms with van der Waals surface area (Å²) >= 11 is 0. The van der Waals surface area contributed by atoms with E-state index < -0.39 is 20.0 Å². The maximum absolute atomic E-state index is 12.3. The van der Waals surface area contributed by atoms with Crippen LogP contribution >= 0.6 is 7.82 Å². The van der Waals surface area contributed by atoms with Gasteiger partial charge in [0.15, 0.2) is 0 Å². The fourth-order valence-corrected chi connectivity index (χ4v) is 3.32. The van der Waals surface area contributed by atoms with Crippen LogP contribution in [0.2, 0.25) is 0 Å². The number of carbonyl (C=O) groups is 1. The SMILES string of the molecule is CCCCCCCC(=O)N[C@H](c1cccc(CO)c1)[C@H](C)OP(=O)(O)O. The maximum Gasteiger partial charge on any atom is 0.469 e. The van der Waals surface area contributed by atoms with Crippen molar-refractivity contribution >= 4 is 13.7 Å². The molecule has 0 aromatic heterocycles. The summed E-state index contributed by atoms with van der Waals surface area (Å²) in [5.74, 6) is -0.193. The van der Waals surface area contributed by atoms with Gasteiger partial charge in [0.25, 0.3) is 0 Å². The van der Waals surface area contributed by atoms with Gasteiger partial charge in [-0.25, -0.2) is 4.57 Å². The molecule has 148 valence electrons. The molecule has 0 spiro atoms. The summed E-state index contributed by atoms with van der Waals surface area (Å²) in [6, 6.07) is 6.13. The Morgan fingerprint density at radius 3 is 2.54 bits per heavy atom. The first kappa shape index (κ1) is 22.8. The smallest absolute Gasteiger partial charge is 0.392 e. The average molecular weight is 387 g/mol. The van der Waals surface area contributed by atoms with Gasteiger partial charge in [0, 0.05) is 6.42 Å². The molecule has 7 nitrogen and oxygen atoms in total. The number of rotatable bonds is 12. The number of nitrogens with one attached hydrogen (secondary N) is 1. The van der Waals surface area contributed by atoms with E-state index in [-0.39, 0.29) is 12.5 Å². The van der Waals surface area contributed by atoms with E-state index in [0.29, 0.717) is 17.5 Å². The average Bonchev–Trinajstić information content (AvgIpc) is 2.58. The first-order chi connectivity index (χ1) is 12.3. The molecule has 1 aromatic rings. The van der Waals surface area contributed by atoms with Crippen LogP contribution in [-0.2, 0) is 20.5 Å². The van der Waals surface area contributed by atoms with Crippen LogP contribution in [0.5, 0.6) is 0 Å². The molecular weight excluding hydrogens is 357 g/mol. The topological polar surface area (TPSA) is 116 Å². The number of amides is 1.